The van der Waals surface area contributed by atoms with Crippen LogP contribution in [0.4, 0.5) is 40.6 Å². The third-order valence-electron chi connectivity index (χ3n) is 7.47. The second-order valence-corrected chi connectivity index (χ2v) is 11.0. The highest BCUT2D eigenvalue weighted by Gasteiger charge is 2.56. The zero-order valence-corrected chi connectivity index (χ0v) is 24.0. The van der Waals surface area contributed by atoms with Gasteiger partial charge in [-0.15, -0.1) is 5.10 Å². The number of halogens is 4. The van der Waals surface area contributed by atoms with E-state index in [0.29, 0.717) is 35.3 Å². The predicted molar refractivity (Wildman–Crippen MR) is 159 cm³/mol. The number of alkyl halides is 3. The van der Waals surface area contributed by atoms with Gasteiger partial charge >= 0.3 is 6.18 Å². The summed E-state index contributed by atoms with van der Waals surface area (Å²) in [6.07, 6.45) is -2.81. The normalized spacial score (nSPS) is 13.9. The fourth-order valence-electron chi connectivity index (χ4n) is 4.79. The molecule has 0 unspecified atom stereocenters. The van der Waals surface area contributed by atoms with Gasteiger partial charge in [-0.3, -0.25) is 9.59 Å². The van der Waals surface area contributed by atoms with Crippen LogP contribution >= 0.6 is 0 Å². The molecule has 6 rings (SSSR count). The molecule has 2 amide bonds. The Balaban J connectivity index is 1.11. The number of nitrogens with zero attached hydrogens (tertiary/aromatic N) is 5. The van der Waals surface area contributed by atoms with Crippen LogP contribution in [-0.4, -0.2) is 36.8 Å². The van der Waals surface area contributed by atoms with E-state index in [2.05, 4.69) is 36.2 Å². The molecule has 3 N–H and O–H groups in total. The first-order valence-corrected chi connectivity index (χ1v) is 14.0. The number of aromatic nitrogens is 5. The first kappa shape index (κ1) is 29.7. The van der Waals surface area contributed by atoms with E-state index >= 15 is 0 Å². The number of benzene rings is 3. The number of carbonyl (C=O) groups is 2. The summed E-state index contributed by atoms with van der Waals surface area (Å²) in [5.74, 6) is -1.56. The topological polar surface area (TPSA) is 127 Å². The third kappa shape index (κ3) is 6.03. The van der Waals surface area contributed by atoms with Crippen molar-refractivity contribution in [3.8, 4) is 11.3 Å². The van der Waals surface area contributed by atoms with E-state index < -0.39 is 34.8 Å². The monoisotopic (exact) mass is 618 g/mol. The van der Waals surface area contributed by atoms with Gasteiger partial charge in [0.15, 0.2) is 5.82 Å². The highest BCUT2D eigenvalue weighted by Crippen LogP contribution is 2.47. The average Bonchev–Trinajstić information content (AvgIpc) is 3.72. The molecule has 45 heavy (non-hydrogen) atoms. The van der Waals surface area contributed by atoms with Crippen molar-refractivity contribution in [1.29, 1.82) is 0 Å². The minimum Gasteiger partial charge on any atom is -0.325 e. The molecule has 1 saturated carbocycles. The maximum Gasteiger partial charge on any atom is 0.416 e. The smallest absolute Gasteiger partial charge is 0.325 e. The first-order chi connectivity index (χ1) is 21.4. The van der Waals surface area contributed by atoms with Crippen molar-refractivity contribution in [2.45, 2.75) is 38.9 Å². The minimum absolute atomic E-state index is 0.0603. The Morgan fingerprint density at radius 2 is 1.49 bits per heavy atom. The highest BCUT2D eigenvalue weighted by molar-refractivity contribution is 6.16. The van der Waals surface area contributed by atoms with Gasteiger partial charge in [0.05, 0.1) is 17.3 Å². The summed E-state index contributed by atoms with van der Waals surface area (Å²) in [7, 11) is 0. The number of hydrogen-bond acceptors (Lipinski definition) is 7. The van der Waals surface area contributed by atoms with Crippen LogP contribution in [0, 0.1) is 11.2 Å². The number of hydrogen-bond donors (Lipinski definition) is 3. The van der Waals surface area contributed by atoms with E-state index in [0.717, 1.165) is 36.0 Å². The van der Waals surface area contributed by atoms with Crippen LogP contribution in [0.5, 0.6) is 0 Å². The molecule has 0 radical (unpaired) electrons. The van der Waals surface area contributed by atoms with E-state index in [1.165, 1.54) is 0 Å². The van der Waals surface area contributed by atoms with Crippen molar-refractivity contribution >= 4 is 45.9 Å². The Morgan fingerprint density at radius 3 is 2.07 bits per heavy atom. The third-order valence-corrected chi connectivity index (χ3v) is 7.47. The lowest BCUT2D eigenvalue weighted by atomic mass is 10.0. The largest absolute Gasteiger partial charge is 0.416 e. The molecule has 3 aromatic carbocycles. The Morgan fingerprint density at radius 1 is 0.889 bits per heavy atom. The van der Waals surface area contributed by atoms with Crippen molar-refractivity contribution in [3.05, 3.63) is 84.3 Å². The Labute approximate surface area is 253 Å². The van der Waals surface area contributed by atoms with Crippen LogP contribution in [0.3, 0.4) is 0 Å². The molecule has 1 aliphatic carbocycles. The molecular weight excluding hydrogens is 592 g/mol. The predicted octanol–water partition coefficient (Wildman–Crippen LogP) is 6.73. The van der Waals surface area contributed by atoms with E-state index in [-0.39, 0.29) is 23.4 Å². The summed E-state index contributed by atoms with van der Waals surface area (Å²) in [6.45, 7) is 3.94. The lowest BCUT2D eigenvalue weighted by Gasteiger charge is -2.16. The SMILES string of the molecule is CC(C)n1nnc2ccc(-c3nc(Nc4ccc(NC(=O)C5(C(=O)Nc6ccc(C(F)(F)F)cc6)CC5)cc4)ncc3F)cc21. The van der Waals surface area contributed by atoms with Crippen LogP contribution in [-0.2, 0) is 15.8 Å². The number of fused-ring (bicyclic) bond motifs is 1. The molecule has 0 saturated heterocycles. The number of anilines is 4. The Bertz CT molecular complexity index is 1900. The Hall–Kier alpha value is -5.40. The van der Waals surface area contributed by atoms with E-state index in [1.807, 2.05) is 13.8 Å². The summed E-state index contributed by atoms with van der Waals surface area (Å²) in [6, 6.07) is 15.9. The summed E-state index contributed by atoms with van der Waals surface area (Å²) in [4.78, 5) is 34.3. The molecule has 1 fully saturated rings. The van der Waals surface area contributed by atoms with Crippen LogP contribution in [0.1, 0.15) is 38.3 Å². The average molecular weight is 619 g/mol. The number of carbonyl (C=O) groups excluding carboxylic acids is 2. The van der Waals surface area contributed by atoms with E-state index in [4.69, 9.17) is 0 Å². The summed E-state index contributed by atoms with van der Waals surface area (Å²) in [5.41, 5.74) is 1.04. The molecule has 2 aromatic heterocycles. The van der Waals surface area contributed by atoms with Gasteiger partial charge in [-0.25, -0.2) is 19.0 Å². The van der Waals surface area contributed by atoms with Crippen LogP contribution in [0.2, 0.25) is 0 Å². The molecular formula is C31H26F4N8O2. The first-order valence-electron chi connectivity index (χ1n) is 14.0. The second kappa shape index (κ2) is 11.3. The van der Waals surface area contributed by atoms with Gasteiger partial charge in [-0.1, -0.05) is 11.3 Å². The molecule has 1 aliphatic rings. The molecule has 14 heteroatoms. The maximum atomic E-state index is 14.8. The molecule has 10 nitrogen and oxygen atoms in total. The highest BCUT2D eigenvalue weighted by atomic mass is 19.4. The van der Waals surface area contributed by atoms with Crippen LogP contribution < -0.4 is 16.0 Å². The van der Waals surface area contributed by atoms with Gasteiger partial charge in [0.1, 0.15) is 16.6 Å². The molecule has 0 bridgehead atoms. The molecule has 0 atom stereocenters. The number of nitrogens with one attached hydrogen (secondary N) is 3. The minimum atomic E-state index is -4.49. The summed E-state index contributed by atoms with van der Waals surface area (Å²) >= 11 is 0. The number of rotatable bonds is 8. The van der Waals surface area contributed by atoms with Gasteiger partial charge in [0.2, 0.25) is 17.8 Å². The summed E-state index contributed by atoms with van der Waals surface area (Å²) in [5, 5.41) is 16.6. The van der Waals surface area contributed by atoms with Gasteiger partial charge in [0.25, 0.3) is 0 Å². The van der Waals surface area contributed by atoms with Crippen molar-refractivity contribution in [1.82, 2.24) is 25.0 Å². The molecule has 0 spiro atoms. The lowest BCUT2D eigenvalue weighted by Crippen LogP contribution is -2.35. The van der Waals surface area contributed by atoms with E-state index in [9.17, 15) is 27.2 Å². The van der Waals surface area contributed by atoms with Crippen molar-refractivity contribution in [2.24, 2.45) is 5.41 Å². The van der Waals surface area contributed by atoms with Crippen molar-refractivity contribution < 1.29 is 27.2 Å². The lowest BCUT2D eigenvalue weighted by molar-refractivity contribution is -0.137. The van der Waals surface area contributed by atoms with Crippen molar-refractivity contribution in [3.63, 3.8) is 0 Å². The van der Waals surface area contributed by atoms with Gasteiger partial charge in [-0.2, -0.15) is 13.2 Å². The maximum absolute atomic E-state index is 14.8. The summed E-state index contributed by atoms with van der Waals surface area (Å²) < 4.78 is 55.0. The van der Waals surface area contributed by atoms with Gasteiger partial charge in [-0.05, 0) is 87.4 Å². The van der Waals surface area contributed by atoms with Crippen LogP contribution in [0.15, 0.2) is 72.9 Å². The standard InChI is InChI=1S/C31H26F4N8O2/c1-17(2)43-25-15-18(3-12-24(25)41-42-43)26-23(32)16-36-29(40-26)39-22-10-8-21(9-11-22)38-28(45)30(13-14-30)27(44)37-20-6-4-19(5-7-20)31(33,34)35/h3-12,15-17H,13-14H2,1-2H3,(H,37,44)(H,38,45)(H,36,39,40). The van der Waals surface area contributed by atoms with Gasteiger partial charge < -0.3 is 16.0 Å². The second-order valence-electron chi connectivity index (χ2n) is 11.0. The quantitative estimate of drug-likeness (QED) is 0.130. The Kier molecular flexibility index (Phi) is 7.43. The molecule has 0 aliphatic heterocycles. The van der Waals surface area contributed by atoms with E-state index in [1.54, 1.807) is 47.1 Å². The fraction of sp³-hybridized carbons (Fsp3) is 0.226. The molecule has 5 aromatic rings. The zero-order valence-electron chi connectivity index (χ0n) is 24.0. The van der Waals surface area contributed by atoms with Crippen molar-refractivity contribution in [2.75, 3.05) is 16.0 Å². The van der Waals surface area contributed by atoms with Gasteiger partial charge in [0, 0.05) is 28.7 Å². The molecule has 2 heterocycles. The molecule has 230 valence electrons. The number of amides is 2. The fourth-order valence-corrected chi connectivity index (χ4v) is 4.79. The zero-order chi connectivity index (χ0) is 31.9. The van der Waals surface area contributed by atoms with Crippen LogP contribution in [0.25, 0.3) is 22.3 Å².